The maximum Gasteiger partial charge on any atom is 0.197 e. The van der Waals surface area contributed by atoms with Crippen LogP contribution in [0, 0.1) is 3.57 Å². The minimum Gasteiger partial charge on any atom is -0.496 e. The predicted octanol–water partition coefficient (Wildman–Crippen LogP) is 5.06. The Labute approximate surface area is 141 Å². The minimum absolute atomic E-state index is 0.0604. The van der Waals surface area contributed by atoms with Gasteiger partial charge >= 0.3 is 0 Å². The second-order valence-electron chi connectivity index (χ2n) is 3.80. The van der Waals surface area contributed by atoms with Gasteiger partial charge in [0.15, 0.2) is 5.78 Å². The molecule has 2 aromatic carbocycles. The SMILES string of the molecule is COc1ccc(I)cc1C(=O)c1ccc(Br)cc1Br. The van der Waals surface area contributed by atoms with E-state index in [9.17, 15) is 4.79 Å². The molecule has 0 aromatic heterocycles. The molecule has 0 unspecified atom stereocenters. The average Bonchev–Trinajstić information content (AvgIpc) is 2.38. The van der Waals surface area contributed by atoms with Crippen LogP contribution in [-0.4, -0.2) is 12.9 Å². The van der Waals surface area contributed by atoms with E-state index in [1.807, 2.05) is 30.3 Å². The Morgan fingerprint density at radius 3 is 2.47 bits per heavy atom. The van der Waals surface area contributed by atoms with Gasteiger partial charge in [0.2, 0.25) is 0 Å². The molecule has 0 spiro atoms. The van der Waals surface area contributed by atoms with E-state index in [1.54, 1.807) is 13.2 Å². The zero-order valence-corrected chi connectivity index (χ0v) is 15.2. The molecule has 0 aliphatic carbocycles. The third kappa shape index (κ3) is 3.38. The van der Waals surface area contributed by atoms with Crippen LogP contribution >= 0.6 is 54.5 Å². The molecule has 19 heavy (non-hydrogen) atoms. The van der Waals surface area contributed by atoms with Gasteiger partial charge in [-0.2, -0.15) is 0 Å². The maximum atomic E-state index is 12.6. The number of ether oxygens (including phenoxy) is 1. The van der Waals surface area contributed by atoms with E-state index in [4.69, 9.17) is 4.74 Å². The molecule has 5 heteroatoms. The fourth-order valence-corrected chi connectivity index (χ4v) is 3.39. The van der Waals surface area contributed by atoms with Crippen molar-refractivity contribution < 1.29 is 9.53 Å². The van der Waals surface area contributed by atoms with E-state index in [0.717, 1.165) is 12.5 Å². The topological polar surface area (TPSA) is 26.3 Å². The van der Waals surface area contributed by atoms with Crippen molar-refractivity contribution in [3.63, 3.8) is 0 Å². The second-order valence-corrected chi connectivity index (χ2v) is 6.81. The molecular weight excluding hydrogens is 487 g/mol. The summed E-state index contributed by atoms with van der Waals surface area (Å²) in [6.45, 7) is 0. The van der Waals surface area contributed by atoms with E-state index in [0.29, 0.717) is 16.9 Å². The number of rotatable bonds is 3. The molecule has 0 saturated carbocycles. The van der Waals surface area contributed by atoms with Gasteiger partial charge in [-0.15, -0.1) is 0 Å². The van der Waals surface area contributed by atoms with Gasteiger partial charge < -0.3 is 4.74 Å². The second kappa shape index (κ2) is 6.37. The highest BCUT2D eigenvalue weighted by Crippen LogP contribution is 2.28. The molecule has 0 radical (unpaired) electrons. The molecule has 0 fully saturated rings. The van der Waals surface area contributed by atoms with Gasteiger partial charge in [0.05, 0.1) is 12.7 Å². The number of carbonyl (C=O) groups excluding carboxylic acids is 1. The van der Waals surface area contributed by atoms with Gasteiger partial charge in [-0.1, -0.05) is 15.9 Å². The Morgan fingerprint density at radius 2 is 1.84 bits per heavy atom. The Morgan fingerprint density at radius 1 is 1.11 bits per heavy atom. The van der Waals surface area contributed by atoms with Crippen molar-refractivity contribution in [3.05, 3.63) is 60.0 Å². The molecule has 98 valence electrons. The summed E-state index contributed by atoms with van der Waals surface area (Å²) in [5.41, 5.74) is 1.18. The summed E-state index contributed by atoms with van der Waals surface area (Å²) in [6, 6.07) is 11.0. The highest BCUT2D eigenvalue weighted by molar-refractivity contribution is 14.1. The standard InChI is InChI=1S/C14H9Br2IO2/c1-19-13-5-3-9(17)7-11(13)14(18)10-4-2-8(15)6-12(10)16/h2-7H,1H3. The molecule has 0 heterocycles. The largest absolute Gasteiger partial charge is 0.496 e. The first kappa shape index (κ1) is 15.0. The fourth-order valence-electron chi connectivity index (χ4n) is 1.68. The molecule has 0 aliphatic heterocycles. The van der Waals surface area contributed by atoms with Gasteiger partial charge in [0.1, 0.15) is 5.75 Å². The first-order chi connectivity index (χ1) is 9.02. The number of ketones is 1. The molecule has 0 amide bonds. The van der Waals surface area contributed by atoms with Gasteiger partial charge in [0.25, 0.3) is 0 Å². The van der Waals surface area contributed by atoms with Crippen molar-refractivity contribution >= 4 is 60.2 Å². The lowest BCUT2D eigenvalue weighted by molar-refractivity contribution is 0.103. The summed E-state index contributed by atoms with van der Waals surface area (Å²) in [7, 11) is 1.57. The number of hydrogen-bond acceptors (Lipinski definition) is 2. The van der Waals surface area contributed by atoms with Crippen LogP contribution < -0.4 is 4.74 Å². The summed E-state index contributed by atoms with van der Waals surface area (Å²) in [5.74, 6) is 0.523. The van der Waals surface area contributed by atoms with Crippen molar-refractivity contribution in [3.8, 4) is 5.75 Å². The van der Waals surface area contributed by atoms with Crippen molar-refractivity contribution in [2.24, 2.45) is 0 Å². The molecule has 0 bridgehead atoms. The monoisotopic (exact) mass is 494 g/mol. The zero-order valence-electron chi connectivity index (χ0n) is 9.91. The molecule has 2 aromatic rings. The summed E-state index contributed by atoms with van der Waals surface area (Å²) in [5, 5.41) is 0. The van der Waals surface area contributed by atoms with E-state index in [2.05, 4.69) is 54.5 Å². The lowest BCUT2D eigenvalue weighted by Gasteiger charge is -2.09. The van der Waals surface area contributed by atoms with Crippen molar-refractivity contribution in [1.82, 2.24) is 0 Å². The van der Waals surface area contributed by atoms with Crippen LogP contribution in [0.15, 0.2) is 45.3 Å². The van der Waals surface area contributed by atoms with Gasteiger partial charge in [-0.05, 0) is 74.9 Å². The summed E-state index contributed by atoms with van der Waals surface area (Å²) in [6.07, 6.45) is 0. The molecular formula is C14H9Br2IO2. The molecule has 2 rings (SSSR count). The summed E-state index contributed by atoms with van der Waals surface area (Å²) >= 11 is 8.97. The average molecular weight is 496 g/mol. The third-order valence-corrected chi connectivity index (χ3v) is 4.40. The lowest BCUT2D eigenvalue weighted by Crippen LogP contribution is -2.05. The van der Waals surface area contributed by atoms with Gasteiger partial charge in [0, 0.05) is 18.1 Å². The third-order valence-electron chi connectivity index (χ3n) is 2.58. The van der Waals surface area contributed by atoms with Crippen LogP contribution in [0.5, 0.6) is 5.75 Å². The lowest BCUT2D eigenvalue weighted by atomic mass is 10.0. The number of hydrogen-bond donors (Lipinski definition) is 0. The van der Waals surface area contributed by atoms with Gasteiger partial charge in [-0.25, -0.2) is 0 Å². The van der Waals surface area contributed by atoms with Crippen LogP contribution in [-0.2, 0) is 0 Å². The first-order valence-corrected chi connectivity index (χ1v) is 8.02. The van der Waals surface area contributed by atoms with Gasteiger partial charge in [-0.3, -0.25) is 4.79 Å². The maximum absolute atomic E-state index is 12.6. The summed E-state index contributed by atoms with van der Waals surface area (Å²) < 4.78 is 7.93. The van der Waals surface area contributed by atoms with Crippen LogP contribution in [0.3, 0.4) is 0 Å². The molecule has 2 nitrogen and oxygen atoms in total. The smallest absolute Gasteiger partial charge is 0.197 e. The Balaban J connectivity index is 2.52. The Hall–Kier alpha value is -0.400. The van der Waals surface area contributed by atoms with E-state index in [1.165, 1.54) is 0 Å². The van der Waals surface area contributed by atoms with Crippen LogP contribution in [0.4, 0.5) is 0 Å². The highest BCUT2D eigenvalue weighted by Gasteiger charge is 2.17. The molecule has 0 aliphatic rings. The fraction of sp³-hybridized carbons (Fsp3) is 0.0714. The zero-order chi connectivity index (χ0) is 14.0. The molecule has 0 saturated heterocycles. The van der Waals surface area contributed by atoms with Crippen LogP contribution in [0.25, 0.3) is 0 Å². The van der Waals surface area contributed by atoms with E-state index >= 15 is 0 Å². The summed E-state index contributed by atoms with van der Waals surface area (Å²) in [4.78, 5) is 12.6. The van der Waals surface area contributed by atoms with Crippen molar-refractivity contribution in [1.29, 1.82) is 0 Å². The molecule has 0 N–H and O–H groups in total. The van der Waals surface area contributed by atoms with Crippen LogP contribution in [0.1, 0.15) is 15.9 Å². The molecule has 0 atom stereocenters. The number of benzene rings is 2. The van der Waals surface area contributed by atoms with Crippen molar-refractivity contribution in [2.75, 3.05) is 7.11 Å². The van der Waals surface area contributed by atoms with Crippen LogP contribution in [0.2, 0.25) is 0 Å². The highest BCUT2D eigenvalue weighted by atomic mass is 127. The Bertz CT molecular complexity index is 641. The number of methoxy groups -OCH3 is 1. The number of halogens is 3. The minimum atomic E-state index is -0.0604. The first-order valence-electron chi connectivity index (χ1n) is 5.36. The van der Waals surface area contributed by atoms with E-state index < -0.39 is 0 Å². The Kier molecular flexibility index (Phi) is 5.03. The van der Waals surface area contributed by atoms with Crippen molar-refractivity contribution in [2.45, 2.75) is 0 Å². The quantitative estimate of drug-likeness (QED) is 0.440. The predicted molar refractivity (Wildman–Crippen MR) is 91.0 cm³/mol. The normalized spacial score (nSPS) is 10.3. The van der Waals surface area contributed by atoms with E-state index in [-0.39, 0.29) is 5.78 Å². The number of carbonyl (C=O) groups is 1.